The third kappa shape index (κ3) is 24.1. The second kappa shape index (κ2) is 44.6. The number of hydrogen-bond acceptors (Lipinski definition) is 0. The number of hydrogen-bond donors (Lipinski definition) is 0. The van der Waals surface area contributed by atoms with Gasteiger partial charge in [0.2, 0.25) is 0 Å². The monoisotopic (exact) mass is 2170 g/mol. The zero-order valence-corrected chi connectivity index (χ0v) is 82.1. The van der Waals surface area contributed by atoms with Crippen LogP contribution in [0.4, 0.5) is 0 Å². The molecule has 0 saturated carbocycles. The van der Waals surface area contributed by atoms with Gasteiger partial charge in [-0.15, -0.1) is 0 Å². The molecule has 0 saturated heterocycles. The van der Waals surface area contributed by atoms with Gasteiger partial charge in [0.05, 0.1) is 0 Å². The van der Waals surface area contributed by atoms with E-state index in [0.717, 1.165) is 40.3 Å². The highest BCUT2D eigenvalue weighted by atomic mass is 79.9. The molecular weight excluding hydrogens is 2100 g/mol. The summed E-state index contributed by atoms with van der Waals surface area (Å²) in [7, 11) is 0. The molecule has 1 aliphatic carbocycles. The molecule has 22 rings (SSSR count). The van der Waals surface area contributed by atoms with Crippen LogP contribution >= 0.6 is 143 Å². The van der Waals surface area contributed by atoms with Crippen LogP contribution in [0, 0.1) is 0 Å². The maximum absolute atomic E-state index is 3.61. The Morgan fingerprint density at radius 3 is 1.00 bits per heavy atom. The first-order chi connectivity index (χ1) is 60.5. The van der Waals surface area contributed by atoms with Crippen LogP contribution in [0.15, 0.2) is 507 Å². The molecule has 1 aliphatic rings. The highest BCUT2D eigenvalue weighted by molar-refractivity contribution is 9.12. The largest absolute Gasteiger partial charge is 0.0622 e. The van der Waals surface area contributed by atoms with E-state index < -0.39 is 0 Å². The average Bonchev–Trinajstić information content (AvgIpc) is 0.933. The number of benzene rings is 21. The highest BCUT2D eigenvalue weighted by Crippen LogP contribution is 2.49. The lowest BCUT2D eigenvalue weighted by Crippen LogP contribution is -2.14. The highest BCUT2D eigenvalue weighted by Gasteiger charge is 2.35. The van der Waals surface area contributed by atoms with Gasteiger partial charge in [-0.2, -0.15) is 0 Å². The van der Waals surface area contributed by atoms with Gasteiger partial charge in [-0.25, -0.2) is 0 Å². The van der Waals surface area contributed by atoms with Crippen molar-refractivity contribution in [1.82, 2.24) is 0 Å². The Bertz CT molecular complexity index is 7000. The van der Waals surface area contributed by atoms with Crippen molar-refractivity contribution in [2.24, 2.45) is 0 Å². The van der Waals surface area contributed by atoms with Gasteiger partial charge in [0.1, 0.15) is 0 Å². The topological polar surface area (TPSA) is 0 Å². The fraction of sp³-hybridized carbons (Fsp3) is 0.0261. The van der Waals surface area contributed by atoms with Gasteiger partial charge in [-0.05, 0) is 251 Å². The van der Waals surface area contributed by atoms with E-state index in [2.05, 4.69) is 545 Å². The zero-order chi connectivity index (χ0) is 86.2. The van der Waals surface area contributed by atoms with Crippen molar-refractivity contribution >= 4 is 219 Å². The molecule has 0 spiro atoms. The van der Waals surface area contributed by atoms with E-state index >= 15 is 0 Å². The van der Waals surface area contributed by atoms with E-state index in [4.69, 9.17) is 0 Å². The summed E-state index contributed by atoms with van der Waals surface area (Å²) in [6.07, 6.45) is 0. The van der Waals surface area contributed by atoms with Crippen molar-refractivity contribution in [3.8, 4) is 55.6 Å². The van der Waals surface area contributed by atoms with Crippen LogP contribution in [0.2, 0.25) is 0 Å². The quantitative estimate of drug-likeness (QED) is 0.154. The van der Waals surface area contributed by atoms with Gasteiger partial charge in [0, 0.05) is 45.7 Å². The van der Waals surface area contributed by atoms with Gasteiger partial charge in [0.25, 0.3) is 0 Å². The second-order valence-electron chi connectivity index (χ2n) is 29.8. The van der Waals surface area contributed by atoms with E-state index in [1.54, 1.807) is 0 Å². The lowest BCUT2D eigenvalue weighted by atomic mass is 9.82. The molecule has 0 heterocycles. The Morgan fingerprint density at radius 2 is 0.460 bits per heavy atom. The first-order valence-corrected chi connectivity index (χ1v) is 47.6. The second-order valence-corrected chi connectivity index (χ2v) is 37.9. The Balaban J connectivity index is 0.000000115. The molecule has 0 N–H and O–H groups in total. The first kappa shape index (κ1) is 90.0. The molecule has 0 unspecified atom stereocenters. The molecule has 0 aromatic heterocycles. The lowest BCUT2D eigenvalue weighted by Gasteiger charge is -2.21. The molecule has 21 aromatic rings. The summed E-state index contributed by atoms with van der Waals surface area (Å²) in [5.74, 6) is 0. The molecule has 0 amide bonds. The molecule has 21 aromatic carbocycles. The molecule has 0 radical (unpaired) electrons. The standard InChI is InChI=1S/C18H11Br.C18H13Br.C15H13Br.C14H9Br.2C12H9Br.2C10H7Br.C6H5Br/c19-12-9-10-17-15-7-2-1-5-13(15)14-6-3-4-8-16(14)18(17)11-12;19-18-12-16(14-7-3-1-4-8-14)11-17(13-18)15-9-5-2-6-10-15;1-15(2)13-6-4-3-5-11(13)12-8-7-10(16)9-14(12)15;15-12-8-7-11-6-5-10-3-1-2-4-13(10)14(11)9-12;13-12-8-4-7-11(9-12)10-5-2-1-3-6-10;13-12-8-6-11(7-9-12)10-4-2-1-3-5-10;11-10-7-3-5-8-4-1-2-6-9(8)10;11-10-6-5-8-3-1-2-4-9(8)7-10;7-6-4-2-1-3-5-6/h1-11H;1-13H;3-9H,1-2H3;1-9H;2*1-9H;2*1-7H;1-5H. The Labute approximate surface area is 803 Å². The summed E-state index contributed by atoms with van der Waals surface area (Å²) in [4.78, 5) is 0. The molecule has 0 atom stereocenters. The molecule has 0 fully saturated rings. The lowest BCUT2D eigenvalue weighted by molar-refractivity contribution is 0.660. The van der Waals surface area contributed by atoms with E-state index in [9.17, 15) is 0 Å². The van der Waals surface area contributed by atoms with E-state index in [1.165, 1.54) is 142 Å². The number of halogens is 9. The summed E-state index contributed by atoms with van der Waals surface area (Å²) in [6, 6.07) is 162. The van der Waals surface area contributed by atoms with Gasteiger partial charge in [0.15, 0.2) is 0 Å². The molecule has 0 bridgehead atoms. The van der Waals surface area contributed by atoms with Crippen LogP contribution in [0.3, 0.4) is 0 Å². The number of rotatable bonds is 4. The van der Waals surface area contributed by atoms with E-state index in [0.29, 0.717) is 0 Å². The van der Waals surface area contributed by atoms with Gasteiger partial charge >= 0.3 is 0 Å². The molecular formula is C115H83Br9. The van der Waals surface area contributed by atoms with Crippen LogP contribution in [-0.4, -0.2) is 0 Å². The zero-order valence-electron chi connectivity index (χ0n) is 67.9. The molecule has 0 aliphatic heterocycles. The Kier molecular flexibility index (Phi) is 32.4. The fourth-order valence-electron chi connectivity index (χ4n) is 15.0. The van der Waals surface area contributed by atoms with Crippen molar-refractivity contribution in [1.29, 1.82) is 0 Å². The molecule has 124 heavy (non-hydrogen) atoms. The van der Waals surface area contributed by atoms with E-state index in [1.807, 2.05) is 78.9 Å². The van der Waals surface area contributed by atoms with Crippen molar-refractivity contribution in [3.63, 3.8) is 0 Å². The SMILES string of the molecule is Brc1cc(-c2ccccc2)cc(-c2ccccc2)c1.Brc1ccc(-c2ccccc2)cc1.Brc1ccc2c3ccccc3c3ccccc3c2c1.Brc1ccc2ccc3ccccc3c2c1.Brc1ccc2ccccc2c1.Brc1cccc(-c2ccccc2)c1.Brc1cccc2ccccc12.Brc1ccccc1.CC1(C)c2ccccc2-c2ccc(Br)cc21. The third-order valence-corrected chi connectivity index (χ3v) is 25.8. The van der Waals surface area contributed by atoms with Crippen LogP contribution in [-0.2, 0) is 5.41 Å². The predicted molar refractivity (Wildman–Crippen MR) is 569 cm³/mol. The van der Waals surface area contributed by atoms with Crippen molar-refractivity contribution in [2.75, 3.05) is 0 Å². The summed E-state index contributed by atoms with van der Waals surface area (Å²) < 4.78 is 10.2. The smallest absolute Gasteiger partial charge is 0.0253 e. The minimum atomic E-state index is 0.121. The fourth-order valence-corrected chi connectivity index (χ4v) is 18.5. The van der Waals surface area contributed by atoms with Gasteiger partial charge < -0.3 is 0 Å². The normalized spacial score (nSPS) is 11.1. The van der Waals surface area contributed by atoms with Crippen LogP contribution in [0.1, 0.15) is 25.0 Å². The predicted octanol–water partition coefficient (Wildman–Crippen LogP) is 39.1. The maximum Gasteiger partial charge on any atom is 0.0253 e. The Hall–Kier alpha value is -10.2. The molecule has 0 nitrogen and oxygen atoms in total. The summed E-state index contributed by atoms with van der Waals surface area (Å²) in [5, 5.41) is 18.2. The van der Waals surface area contributed by atoms with Gasteiger partial charge in [-0.1, -0.05) is 515 Å². The number of fused-ring (bicyclic) bond motifs is 14. The first-order valence-electron chi connectivity index (χ1n) is 40.4. The van der Waals surface area contributed by atoms with E-state index in [-0.39, 0.29) is 5.41 Å². The minimum Gasteiger partial charge on any atom is -0.0622 e. The summed E-state index contributed by atoms with van der Waals surface area (Å²) >= 11 is 31.4. The summed E-state index contributed by atoms with van der Waals surface area (Å²) in [6.45, 7) is 4.59. The molecule has 9 heteroatoms. The summed E-state index contributed by atoms with van der Waals surface area (Å²) in [5.41, 5.74) is 15.7. The minimum absolute atomic E-state index is 0.121. The maximum atomic E-state index is 3.61. The van der Waals surface area contributed by atoms with Crippen molar-refractivity contribution < 1.29 is 0 Å². The average molecular weight is 2180 g/mol. The van der Waals surface area contributed by atoms with Crippen molar-refractivity contribution in [3.05, 3.63) is 518 Å². The third-order valence-electron chi connectivity index (χ3n) is 21.1. The van der Waals surface area contributed by atoms with Crippen LogP contribution in [0.25, 0.3) is 131 Å². The van der Waals surface area contributed by atoms with Gasteiger partial charge in [-0.3, -0.25) is 0 Å². The van der Waals surface area contributed by atoms with Crippen molar-refractivity contribution in [2.45, 2.75) is 19.3 Å². The molecule has 606 valence electrons. The van der Waals surface area contributed by atoms with Crippen LogP contribution < -0.4 is 0 Å². The van der Waals surface area contributed by atoms with Crippen LogP contribution in [0.5, 0.6) is 0 Å². The Morgan fingerprint density at radius 1 is 0.145 bits per heavy atom.